The number of rotatable bonds is 4. The Morgan fingerprint density at radius 2 is 1.48 bits per heavy atom. The molecule has 0 unspecified atom stereocenters. The van der Waals surface area contributed by atoms with E-state index in [1.807, 2.05) is 42.5 Å². The van der Waals surface area contributed by atoms with Gasteiger partial charge in [-0.2, -0.15) is 10.5 Å². The van der Waals surface area contributed by atoms with Gasteiger partial charge < -0.3 is 4.74 Å². The molecule has 0 aliphatic heterocycles. The van der Waals surface area contributed by atoms with Crippen molar-refractivity contribution in [2.75, 3.05) is 0 Å². The van der Waals surface area contributed by atoms with Gasteiger partial charge in [0.15, 0.2) is 0 Å². The largest absolute Gasteiger partial charge is 0.457 e. The average molecular weight is 270 g/mol. The molecule has 2 aromatic rings. The van der Waals surface area contributed by atoms with E-state index in [0.29, 0.717) is 11.3 Å². The first-order valence-corrected chi connectivity index (χ1v) is 6.35. The van der Waals surface area contributed by atoms with Crippen molar-refractivity contribution >= 4 is 13.4 Å². The first kappa shape index (κ1) is 14.4. The zero-order chi connectivity index (χ0) is 15.1. The van der Waals surface area contributed by atoms with E-state index in [4.69, 9.17) is 23.1 Å². The van der Waals surface area contributed by atoms with Crippen LogP contribution in [0.25, 0.3) is 5.57 Å². The van der Waals surface area contributed by atoms with Crippen LogP contribution in [-0.2, 0) is 0 Å². The molecule has 0 fully saturated rings. The van der Waals surface area contributed by atoms with Crippen LogP contribution in [0.15, 0.2) is 60.2 Å². The van der Waals surface area contributed by atoms with Gasteiger partial charge in [-0.25, -0.2) is 0 Å². The van der Waals surface area contributed by atoms with Gasteiger partial charge in [0.1, 0.15) is 29.2 Å². The summed E-state index contributed by atoms with van der Waals surface area (Å²) in [6, 6.07) is 20.3. The fourth-order valence-corrected chi connectivity index (χ4v) is 1.87. The summed E-state index contributed by atoms with van der Waals surface area (Å²) < 4.78 is 5.68. The van der Waals surface area contributed by atoms with Crippen molar-refractivity contribution in [3.05, 3.63) is 65.7 Å². The normalized spacial score (nSPS) is 9.24. The maximum absolute atomic E-state index is 8.93. The molecule has 0 N–H and O–H groups in total. The van der Waals surface area contributed by atoms with Crippen molar-refractivity contribution < 1.29 is 4.74 Å². The van der Waals surface area contributed by atoms with E-state index in [1.54, 1.807) is 24.3 Å². The highest BCUT2D eigenvalue weighted by Crippen LogP contribution is 2.26. The Hall–Kier alpha value is -2.98. The molecule has 0 saturated heterocycles. The summed E-state index contributed by atoms with van der Waals surface area (Å²) in [6.45, 7) is 0. The molecule has 0 aliphatic carbocycles. The van der Waals surface area contributed by atoms with E-state index in [1.165, 1.54) is 0 Å². The number of benzene rings is 2. The molecule has 0 atom stereocenters. The molecule has 0 heterocycles. The zero-order valence-corrected chi connectivity index (χ0v) is 11.3. The average Bonchev–Trinajstić information content (AvgIpc) is 2.54. The first-order chi connectivity index (χ1) is 10.3. The van der Waals surface area contributed by atoms with Crippen molar-refractivity contribution in [1.82, 2.24) is 0 Å². The Bertz CT molecular complexity index is 706. The summed E-state index contributed by atoms with van der Waals surface area (Å²) >= 11 is 0. The third kappa shape index (κ3) is 3.52. The molecular formula is C17H11BN2O. The Labute approximate surface area is 125 Å². The Balaban J connectivity index is 2.26. The topological polar surface area (TPSA) is 56.8 Å². The third-order valence-corrected chi connectivity index (χ3v) is 2.91. The van der Waals surface area contributed by atoms with Gasteiger partial charge in [-0.3, -0.25) is 0 Å². The molecule has 4 heteroatoms. The van der Waals surface area contributed by atoms with Crippen LogP contribution < -0.4 is 4.74 Å². The van der Waals surface area contributed by atoms with E-state index in [0.717, 1.165) is 11.3 Å². The quantitative estimate of drug-likeness (QED) is 0.626. The van der Waals surface area contributed by atoms with E-state index < -0.39 is 0 Å². The molecule has 0 aliphatic rings. The van der Waals surface area contributed by atoms with Crippen molar-refractivity contribution in [3.63, 3.8) is 0 Å². The highest BCUT2D eigenvalue weighted by molar-refractivity contribution is 6.15. The summed E-state index contributed by atoms with van der Waals surface area (Å²) in [5.41, 5.74) is 1.32. The lowest BCUT2D eigenvalue weighted by Gasteiger charge is -2.08. The molecule has 0 aromatic heterocycles. The molecule has 0 amide bonds. The molecule has 0 spiro atoms. The molecule has 2 aromatic carbocycles. The Morgan fingerprint density at radius 3 is 2.00 bits per heavy atom. The van der Waals surface area contributed by atoms with Crippen molar-refractivity contribution in [1.29, 1.82) is 10.5 Å². The lowest BCUT2D eigenvalue weighted by atomic mass is 9.88. The highest BCUT2D eigenvalue weighted by Gasteiger charge is 2.07. The lowest BCUT2D eigenvalue weighted by Crippen LogP contribution is -1.90. The molecule has 3 nitrogen and oxygen atoms in total. The van der Waals surface area contributed by atoms with Crippen molar-refractivity contribution in [3.8, 4) is 23.6 Å². The minimum Gasteiger partial charge on any atom is -0.457 e. The van der Waals surface area contributed by atoms with Crippen LogP contribution in [0, 0.1) is 22.7 Å². The van der Waals surface area contributed by atoms with Crippen molar-refractivity contribution in [2.45, 2.75) is 6.32 Å². The van der Waals surface area contributed by atoms with Crippen molar-refractivity contribution in [2.24, 2.45) is 0 Å². The zero-order valence-electron chi connectivity index (χ0n) is 11.3. The molecule has 2 rings (SSSR count). The van der Waals surface area contributed by atoms with Crippen LogP contribution in [0.1, 0.15) is 5.56 Å². The molecule has 2 radical (unpaired) electrons. The first-order valence-electron chi connectivity index (χ1n) is 6.35. The van der Waals surface area contributed by atoms with Gasteiger partial charge in [0.05, 0.1) is 7.85 Å². The van der Waals surface area contributed by atoms with Gasteiger partial charge >= 0.3 is 0 Å². The van der Waals surface area contributed by atoms with Gasteiger partial charge in [-0.1, -0.05) is 36.7 Å². The fraction of sp³-hybridized carbons (Fsp3) is 0.0588. The van der Waals surface area contributed by atoms with E-state index in [9.17, 15) is 0 Å². The van der Waals surface area contributed by atoms with E-state index >= 15 is 0 Å². The third-order valence-electron chi connectivity index (χ3n) is 2.91. The SMILES string of the molecule is [B]CC(=C(C#N)C#N)c1ccc(Oc2ccccc2)cc1. The smallest absolute Gasteiger partial charge is 0.132 e. The van der Waals surface area contributed by atoms with E-state index in [-0.39, 0.29) is 11.9 Å². The Morgan fingerprint density at radius 1 is 0.905 bits per heavy atom. The van der Waals surface area contributed by atoms with Gasteiger partial charge in [0, 0.05) is 0 Å². The summed E-state index contributed by atoms with van der Waals surface area (Å²) in [5.74, 6) is 1.42. The minimum absolute atomic E-state index is 0.0363. The monoisotopic (exact) mass is 270 g/mol. The number of hydrogen-bond acceptors (Lipinski definition) is 3. The second-order valence-electron chi connectivity index (χ2n) is 4.22. The summed E-state index contributed by atoms with van der Waals surface area (Å²) in [6.07, 6.45) is 0.134. The predicted octanol–water partition coefficient (Wildman–Crippen LogP) is 3.87. The molecule has 0 bridgehead atoms. The van der Waals surface area contributed by atoms with Crippen LogP contribution in [0.3, 0.4) is 0 Å². The second kappa shape index (κ2) is 6.98. The van der Waals surface area contributed by atoms with Crippen LogP contribution in [0.4, 0.5) is 0 Å². The number of nitriles is 2. The summed E-state index contributed by atoms with van der Waals surface area (Å²) in [4.78, 5) is 0. The maximum atomic E-state index is 8.93. The predicted molar refractivity (Wildman–Crippen MR) is 81.7 cm³/mol. The van der Waals surface area contributed by atoms with Crippen LogP contribution >= 0.6 is 0 Å². The van der Waals surface area contributed by atoms with Crippen LogP contribution in [0.5, 0.6) is 11.5 Å². The Kier molecular flexibility index (Phi) is 4.80. The van der Waals surface area contributed by atoms with Crippen LogP contribution in [0.2, 0.25) is 6.32 Å². The number of ether oxygens (including phenoxy) is 1. The second-order valence-corrected chi connectivity index (χ2v) is 4.22. The minimum atomic E-state index is 0.0363. The molecule has 0 saturated carbocycles. The van der Waals surface area contributed by atoms with Gasteiger partial charge in [-0.05, 0) is 35.4 Å². The number of hydrogen-bond donors (Lipinski definition) is 0. The number of allylic oxidation sites excluding steroid dienone is 2. The maximum Gasteiger partial charge on any atom is 0.132 e. The van der Waals surface area contributed by atoms with Crippen LogP contribution in [-0.4, -0.2) is 7.85 Å². The standard InChI is InChI=1S/C17H11BN2O/c18-10-17(14(11-19)12-20)13-6-8-16(9-7-13)21-15-4-2-1-3-5-15/h1-9H,10H2. The van der Waals surface area contributed by atoms with Gasteiger partial charge in [0.25, 0.3) is 0 Å². The van der Waals surface area contributed by atoms with Gasteiger partial charge in [-0.15, -0.1) is 0 Å². The van der Waals surface area contributed by atoms with Gasteiger partial charge in [0.2, 0.25) is 0 Å². The fourth-order valence-electron chi connectivity index (χ4n) is 1.87. The molecule has 21 heavy (non-hydrogen) atoms. The lowest BCUT2D eigenvalue weighted by molar-refractivity contribution is 0.482. The molecule has 98 valence electrons. The summed E-state index contributed by atoms with van der Waals surface area (Å²) in [7, 11) is 5.63. The number of para-hydroxylation sites is 1. The summed E-state index contributed by atoms with van der Waals surface area (Å²) in [5, 5.41) is 17.9. The molecular weight excluding hydrogens is 259 g/mol. The highest BCUT2D eigenvalue weighted by atomic mass is 16.5. The van der Waals surface area contributed by atoms with E-state index in [2.05, 4.69) is 0 Å². The number of nitrogens with zero attached hydrogens (tertiary/aromatic N) is 2.